The van der Waals surface area contributed by atoms with E-state index in [1.54, 1.807) is 0 Å². The van der Waals surface area contributed by atoms with Crippen LogP contribution in [0.4, 0.5) is 5.69 Å². The van der Waals surface area contributed by atoms with Gasteiger partial charge in [0.25, 0.3) is 0 Å². The summed E-state index contributed by atoms with van der Waals surface area (Å²) in [6.45, 7) is 11.2. The second kappa shape index (κ2) is 2.75. The molecular weight excluding hydrogens is 170 g/mol. The zero-order chi connectivity index (χ0) is 10.5. The van der Waals surface area contributed by atoms with E-state index in [1.165, 1.54) is 22.4 Å². The molecule has 0 saturated carbocycles. The van der Waals surface area contributed by atoms with Gasteiger partial charge in [-0.15, -0.1) is 0 Å². The largest absolute Gasteiger partial charge is 0.381 e. The number of hydrogen-bond acceptors (Lipinski definition) is 1. The van der Waals surface area contributed by atoms with Gasteiger partial charge in [-0.25, -0.2) is 0 Å². The van der Waals surface area contributed by atoms with Gasteiger partial charge < -0.3 is 5.32 Å². The molecule has 1 N–H and O–H groups in total. The zero-order valence-electron chi connectivity index (χ0n) is 9.73. The van der Waals surface area contributed by atoms with Crippen molar-refractivity contribution in [2.45, 2.75) is 46.1 Å². The summed E-state index contributed by atoms with van der Waals surface area (Å²) in [5, 5.41) is 3.58. The van der Waals surface area contributed by atoms with E-state index in [1.807, 2.05) is 0 Å². The average molecular weight is 189 g/mol. The minimum absolute atomic E-state index is 0.256. The quantitative estimate of drug-likeness (QED) is 0.659. The molecule has 0 bridgehead atoms. The first-order valence-electron chi connectivity index (χ1n) is 5.31. The molecule has 1 nitrogen and oxygen atoms in total. The Bertz CT molecular complexity index is 377. The van der Waals surface area contributed by atoms with Crippen molar-refractivity contribution >= 4 is 5.69 Å². The van der Waals surface area contributed by atoms with Gasteiger partial charge in [0.15, 0.2) is 0 Å². The van der Waals surface area contributed by atoms with E-state index in [9.17, 15) is 0 Å². The molecule has 76 valence electrons. The summed E-state index contributed by atoms with van der Waals surface area (Å²) in [6.07, 6.45) is 0. The highest BCUT2D eigenvalue weighted by Gasteiger charge is 2.36. The van der Waals surface area contributed by atoms with Gasteiger partial charge in [0.2, 0.25) is 0 Å². The maximum absolute atomic E-state index is 3.58. The normalized spacial score (nSPS) is 23.1. The molecule has 2 rings (SSSR count). The molecule has 1 heterocycles. The molecule has 0 spiro atoms. The Balaban J connectivity index is 2.65. The molecule has 1 atom stereocenters. The van der Waals surface area contributed by atoms with Crippen molar-refractivity contribution in [2.24, 2.45) is 0 Å². The number of hydrogen-bond donors (Lipinski definition) is 1. The van der Waals surface area contributed by atoms with E-state index in [2.05, 4.69) is 52.1 Å². The third-order valence-corrected chi connectivity index (χ3v) is 3.62. The van der Waals surface area contributed by atoms with Crippen molar-refractivity contribution in [1.82, 2.24) is 0 Å². The van der Waals surface area contributed by atoms with Crippen molar-refractivity contribution in [3.8, 4) is 0 Å². The van der Waals surface area contributed by atoms with Crippen LogP contribution in [-0.2, 0) is 5.41 Å². The van der Waals surface area contributed by atoms with Crippen molar-refractivity contribution in [1.29, 1.82) is 0 Å². The second-order valence-corrected chi connectivity index (χ2v) is 5.09. The Labute approximate surface area is 86.5 Å². The molecular formula is C13H19N. The number of nitrogens with one attached hydrogen (secondary N) is 1. The summed E-state index contributed by atoms with van der Waals surface area (Å²) in [5.41, 5.74) is 5.82. The van der Waals surface area contributed by atoms with Crippen molar-refractivity contribution in [3.05, 3.63) is 28.8 Å². The first kappa shape index (κ1) is 9.57. The number of rotatable bonds is 0. The van der Waals surface area contributed by atoms with Crippen LogP contribution in [0.5, 0.6) is 0 Å². The minimum atomic E-state index is 0.256. The lowest BCUT2D eigenvalue weighted by molar-refractivity contribution is 0.486. The molecule has 0 amide bonds. The van der Waals surface area contributed by atoms with Gasteiger partial charge in [0.1, 0.15) is 0 Å². The van der Waals surface area contributed by atoms with Gasteiger partial charge in [0, 0.05) is 17.1 Å². The van der Waals surface area contributed by atoms with Crippen LogP contribution in [0, 0.1) is 13.8 Å². The average Bonchev–Trinajstić information content (AvgIpc) is 2.28. The molecule has 14 heavy (non-hydrogen) atoms. The fraction of sp³-hybridized carbons (Fsp3) is 0.538. The molecule has 1 heteroatoms. The Hall–Kier alpha value is -0.980. The maximum atomic E-state index is 3.58. The highest BCUT2D eigenvalue weighted by atomic mass is 15.0. The lowest BCUT2D eigenvalue weighted by atomic mass is 9.80. The highest BCUT2D eigenvalue weighted by molar-refractivity contribution is 5.66. The first-order valence-corrected chi connectivity index (χ1v) is 5.31. The lowest BCUT2D eigenvalue weighted by Crippen LogP contribution is -2.29. The topological polar surface area (TPSA) is 12.0 Å². The van der Waals surface area contributed by atoms with E-state index in [4.69, 9.17) is 0 Å². The van der Waals surface area contributed by atoms with Crippen LogP contribution in [-0.4, -0.2) is 6.04 Å². The summed E-state index contributed by atoms with van der Waals surface area (Å²) < 4.78 is 0. The molecule has 0 aromatic heterocycles. The summed E-state index contributed by atoms with van der Waals surface area (Å²) >= 11 is 0. The summed E-state index contributed by atoms with van der Waals surface area (Å²) in [6, 6.07) is 5.09. The van der Waals surface area contributed by atoms with E-state index >= 15 is 0 Å². The van der Waals surface area contributed by atoms with Crippen LogP contribution < -0.4 is 5.32 Å². The van der Waals surface area contributed by atoms with Gasteiger partial charge in [-0.1, -0.05) is 31.5 Å². The predicted molar refractivity (Wildman–Crippen MR) is 62.0 cm³/mol. The summed E-state index contributed by atoms with van der Waals surface area (Å²) in [7, 11) is 0. The van der Waals surface area contributed by atoms with Crippen LogP contribution in [0.1, 0.15) is 37.5 Å². The minimum Gasteiger partial charge on any atom is -0.381 e. The molecule has 1 aromatic carbocycles. The Morgan fingerprint density at radius 2 is 1.86 bits per heavy atom. The fourth-order valence-corrected chi connectivity index (χ4v) is 2.30. The van der Waals surface area contributed by atoms with E-state index in [0.717, 1.165) is 0 Å². The Kier molecular flexibility index (Phi) is 1.88. The van der Waals surface area contributed by atoms with Crippen LogP contribution >= 0.6 is 0 Å². The molecule has 1 aromatic rings. The van der Waals surface area contributed by atoms with Crippen molar-refractivity contribution in [2.75, 3.05) is 5.32 Å². The fourth-order valence-electron chi connectivity index (χ4n) is 2.30. The zero-order valence-corrected chi connectivity index (χ0v) is 9.73. The SMILES string of the molecule is Cc1cc(C)c2c(c1)C(C)(C)C(C)N2. The lowest BCUT2D eigenvalue weighted by Gasteiger charge is -2.24. The molecule has 0 aliphatic carbocycles. The van der Waals surface area contributed by atoms with Crippen molar-refractivity contribution in [3.63, 3.8) is 0 Å². The van der Waals surface area contributed by atoms with E-state index < -0.39 is 0 Å². The highest BCUT2D eigenvalue weighted by Crippen LogP contribution is 2.42. The smallest absolute Gasteiger partial charge is 0.0411 e. The monoisotopic (exact) mass is 189 g/mol. The number of anilines is 1. The molecule has 0 fully saturated rings. The summed E-state index contributed by atoms with van der Waals surface area (Å²) in [5.74, 6) is 0. The van der Waals surface area contributed by atoms with Gasteiger partial charge in [-0.05, 0) is 31.9 Å². The molecule has 0 radical (unpaired) electrons. The van der Waals surface area contributed by atoms with Crippen molar-refractivity contribution < 1.29 is 0 Å². The maximum Gasteiger partial charge on any atom is 0.0411 e. The number of benzene rings is 1. The molecule has 1 aliphatic rings. The van der Waals surface area contributed by atoms with E-state index in [-0.39, 0.29) is 5.41 Å². The van der Waals surface area contributed by atoms with Gasteiger partial charge in [-0.3, -0.25) is 0 Å². The van der Waals surface area contributed by atoms with Gasteiger partial charge in [-0.2, -0.15) is 0 Å². The van der Waals surface area contributed by atoms with Crippen LogP contribution in [0.2, 0.25) is 0 Å². The second-order valence-electron chi connectivity index (χ2n) is 5.09. The predicted octanol–water partition coefficient (Wildman–Crippen LogP) is 3.40. The van der Waals surface area contributed by atoms with Crippen LogP contribution in [0.15, 0.2) is 12.1 Å². The van der Waals surface area contributed by atoms with Crippen LogP contribution in [0.3, 0.4) is 0 Å². The standard InChI is InChI=1S/C13H19N/c1-8-6-9(2)12-11(7-8)13(4,5)10(3)14-12/h6-7,10,14H,1-5H3. The van der Waals surface area contributed by atoms with E-state index in [0.29, 0.717) is 6.04 Å². The Morgan fingerprint density at radius 3 is 2.50 bits per heavy atom. The third-order valence-electron chi connectivity index (χ3n) is 3.62. The third kappa shape index (κ3) is 1.15. The van der Waals surface area contributed by atoms with Crippen LogP contribution in [0.25, 0.3) is 0 Å². The molecule has 1 aliphatic heterocycles. The number of aryl methyl sites for hydroxylation is 2. The number of fused-ring (bicyclic) bond motifs is 1. The Morgan fingerprint density at radius 1 is 1.21 bits per heavy atom. The molecule has 1 unspecified atom stereocenters. The molecule has 0 saturated heterocycles. The van der Waals surface area contributed by atoms with Gasteiger partial charge >= 0.3 is 0 Å². The first-order chi connectivity index (χ1) is 6.43. The summed E-state index contributed by atoms with van der Waals surface area (Å²) in [4.78, 5) is 0. The van der Waals surface area contributed by atoms with Gasteiger partial charge in [0.05, 0.1) is 0 Å².